The van der Waals surface area contributed by atoms with Gasteiger partial charge < -0.3 is 15.6 Å². The lowest BCUT2D eigenvalue weighted by Crippen LogP contribution is -2.29. The molecule has 0 saturated carbocycles. The van der Waals surface area contributed by atoms with Crippen molar-refractivity contribution in [3.63, 3.8) is 0 Å². The summed E-state index contributed by atoms with van der Waals surface area (Å²) in [5.41, 5.74) is 7.95. The van der Waals surface area contributed by atoms with Crippen molar-refractivity contribution in [1.82, 2.24) is 9.88 Å². The van der Waals surface area contributed by atoms with Gasteiger partial charge in [0.05, 0.1) is 11.2 Å². The largest absolute Gasteiger partial charge is 0.397 e. The Hall–Kier alpha value is -1.62. The average Bonchev–Trinajstić information content (AvgIpc) is 2.80. The maximum atomic E-state index is 12.2. The number of nitrogens with two attached hydrogens (primary N) is 1. The molecule has 0 atom stereocenters. The van der Waals surface area contributed by atoms with Gasteiger partial charge in [0.1, 0.15) is 5.69 Å². The zero-order valence-corrected chi connectivity index (χ0v) is 11.4. The Bertz CT molecular complexity index is 564. The van der Waals surface area contributed by atoms with Crippen molar-refractivity contribution in [3.05, 3.63) is 30.0 Å². The molecule has 3 N–H and O–H groups in total. The third-order valence-electron chi connectivity index (χ3n) is 2.90. The second-order valence-electron chi connectivity index (χ2n) is 4.21. The Balaban J connectivity index is 2.25. The number of fused-ring (bicyclic) bond motifs is 1. The van der Waals surface area contributed by atoms with E-state index in [4.69, 9.17) is 5.73 Å². The monoisotopic (exact) mass is 263 g/mol. The molecule has 1 aromatic heterocycles. The van der Waals surface area contributed by atoms with Crippen LogP contribution >= 0.6 is 11.8 Å². The maximum absolute atomic E-state index is 12.2. The summed E-state index contributed by atoms with van der Waals surface area (Å²) < 4.78 is 0. The van der Waals surface area contributed by atoms with Crippen LogP contribution in [0, 0.1) is 0 Å². The van der Waals surface area contributed by atoms with E-state index in [1.807, 2.05) is 37.6 Å². The van der Waals surface area contributed by atoms with Crippen LogP contribution in [0.1, 0.15) is 10.5 Å². The highest BCUT2D eigenvalue weighted by atomic mass is 32.2. The number of para-hydroxylation sites is 1. The number of H-pyrrole nitrogens is 1. The molecule has 0 spiro atoms. The molecule has 5 heteroatoms. The highest BCUT2D eigenvalue weighted by molar-refractivity contribution is 7.98. The van der Waals surface area contributed by atoms with Crippen LogP contribution in [-0.4, -0.2) is 41.4 Å². The molecule has 0 radical (unpaired) electrons. The zero-order chi connectivity index (χ0) is 13.1. The number of nitrogens with one attached hydrogen (secondary N) is 1. The van der Waals surface area contributed by atoms with Gasteiger partial charge in [0.25, 0.3) is 5.91 Å². The number of hydrogen-bond donors (Lipinski definition) is 2. The summed E-state index contributed by atoms with van der Waals surface area (Å²) in [6.45, 7) is 0.741. The third-order valence-corrected chi connectivity index (χ3v) is 3.49. The summed E-state index contributed by atoms with van der Waals surface area (Å²) in [7, 11) is 1.81. The van der Waals surface area contributed by atoms with Gasteiger partial charge in [0.15, 0.2) is 0 Å². The van der Waals surface area contributed by atoms with E-state index in [0.717, 1.165) is 23.2 Å². The first kappa shape index (κ1) is 12.8. The minimum atomic E-state index is -0.000324. The van der Waals surface area contributed by atoms with Crippen LogP contribution in [0.5, 0.6) is 0 Å². The summed E-state index contributed by atoms with van der Waals surface area (Å²) in [6, 6.07) is 7.51. The maximum Gasteiger partial charge on any atom is 0.270 e. The van der Waals surface area contributed by atoms with Crippen LogP contribution < -0.4 is 5.73 Å². The molecule has 0 bridgehead atoms. The molecule has 0 saturated heterocycles. The van der Waals surface area contributed by atoms with Gasteiger partial charge in [-0.3, -0.25) is 4.79 Å². The Morgan fingerprint density at radius 1 is 1.50 bits per heavy atom. The Kier molecular flexibility index (Phi) is 3.81. The molecule has 96 valence electrons. The number of amides is 1. The van der Waals surface area contributed by atoms with Crippen molar-refractivity contribution in [3.8, 4) is 0 Å². The van der Waals surface area contributed by atoms with E-state index in [1.54, 1.807) is 16.7 Å². The first-order chi connectivity index (χ1) is 8.63. The molecular weight excluding hydrogens is 246 g/mol. The molecule has 0 aliphatic carbocycles. The smallest absolute Gasteiger partial charge is 0.270 e. The van der Waals surface area contributed by atoms with Gasteiger partial charge in [0.2, 0.25) is 0 Å². The van der Waals surface area contributed by atoms with Crippen molar-refractivity contribution < 1.29 is 4.79 Å². The number of nitrogen functional groups attached to an aromatic ring is 1. The highest BCUT2D eigenvalue weighted by Gasteiger charge is 2.14. The molecule has 0 aliphatic heterocycles. The van der Waals surface area contributed by atoms with Crippen LogP contribution in [0.2, 0.25) is 0 Å². The van der Waals surface area contributed by atoms with Crippen LogP contribution in [-0.2, 0) is 0 Å². The summed E-state index contributed by atoms with van der Waals surface area (Å²) in [6.07, 6.45) is 2.03. The molecule has 2 rings (SSSR count). The summed E-state index contributed by atoms with van der Waals surface area (Å²) in [4.78, 5) is 17.0. The van der Waals surface area contributed by atoms with Crippen LogP contribution in [0.3, 0.4) is 0 Å². The fraction of sp³-hybridized carbons (Fsp3) is 0.308. The molecule has 18 heavy (non-hydrogen) atoms. The van der Waals surface area contributed by atoms with Crippen molar-refractivity contribution in [2.45, 2.75) is 0 Å². The zero-order valence-electron chi connectivity index (χ0n) is 10.6. The first-order valence-electron chi connectivity index (χ1n) is 5.75. The lowest BCUT2D eigenvalue weighted by Gasteiger charge is -2.15. The second kappa shape index (κ2) is 5.35. The summed E-state index contributed by atoms with van der Waals surface area (Å²) in [5.74, 6) is 0.935. The number of benzene rings is 1. The Morgan fingerprint density at radius 2 is 2.28 bits per heavy atom. The van der Waals surface area contributed by atoms with E-state index in [2.05, 4.69) is 4.98 Å². The van der Waals surface area contributed by atoms with Crippen molar-refractivity contribution in [2.24, 2.45) is 0 Å². The highest BCUT2D eigenvalue weighted by Crippen LogP contribution is 2.21. The van der Waals surface area contributed by atoms with Crippen molar-refractivity contribution in [2.75, 3.05) is 31.3 Å². The number of aromatic nitrogens is 1. The fourth-order valence-corrected chi connectivity index (χ4v) is 2.29. The quantitative estimate of drug-likeness (QED) is 0.831. The molecule has 0 unspecified atom stereocenters. The molecule has 1 amide bonds. The standard InChI is InChI=1S/C13H17N3OS/c1-16(6-7-18-2)13(17)11-8-9-4-3-5-10(14)12(9)15-11/h3-5,8,15H,6-7,14H2,1-2H3. The van der Waals surface area contributed by atoms with Crippen molar-refractivity contribution >= 4 is 34.3 Å². The van der Waals surface area contributed by atoms with Crippen LogP contribution in [0.4, 0.5) is 5.69 Å². The van der Waals surface area contributed by atoms with E-state index < -0.39 is 0 Å². The number of anilines is 1. The van der Waals surface area contributed by atoms with Gasteiger partial charge in [-0.15, -0.1) is 0 Å². The first-order valence-corrected chi connectivity index (χ1v) is 7.14. The molecule has 0 aliphatic rings. The lowest BCUT2D eigenvalue weighted by molar-refractivity contribution is 0.0799. The third kappa shape index (κ3) is 2.46. The number of nitrogens with zero attached hydrogens (tertiary/aromatic N) is 1. The van der Waals surface area contributed by atoms with E-state index in [0.29, 0.717) is 11.4 Å². The van der Waals surface area contributed by atoms with E-state index in [1.165, 1.54) is 0 Å². The minimum Gasteiger partial charge on any atom is -0.397 e. The molecule has 0 fully saturated rings. The van der Waals surface area contributed by atoms with Crippen LogP contribution in [0.15, 0.2) is 24.3 Å². The SMILES string of the molecule is CSCCN(C)C(=O)c1cc2cccc(N)c2[nH]1. The van der Waals surface area contributed by atoms with Gasteiger partial charge in [-0.1, -0.05) is 12.1 Å². The van der Waals surface area contributed by atoms with Gasteiger partial charge >= 0.3 is 0 Å². The fourth-order valence-electron chi connectivity index (χ4n) is 1.83. The average molecular weight is 263 g/mol. The van der Waals surface area contributed by atoms with Gasteiger partial charge in [0, 0.05) is 24.7 Å². The molecule has 2 aromatic rings. The van der Waals surface area contributed by atoms with E-state index in [9.17, 15) is 4.79 Å². The number of thioether (sulfide) groups is 1. The predicted molar refractivity (Wildman–Crippen MR) is 78.1 cm³/mol. The predicted octanol–water partition coefficient (Wildman–Crippen LogP) is 2.19. The lowest BCUT2D eigenvalue weighted by atomic mass is 10.2. The number of carbonyl (C=O) groups is 1. The van der Waals surface area contributed by atoms with Crippen molar-refractivity contribution in [1.29, 1.82) is 0 Å². The number of carbonyl (C=O) groups excluding carboxylic acids is 1. The van der Waals surface area contributed by atoms with E-state index >= 15 is 0 Å². The van der Waals surface area contributed by atoms with E-state index in [-0.39, 0.29) is 5.91 Å². The topological polar surface area (TPSA) is 62.1 Å². The van der Waals surface area contributed by atoms with Gasteiger partial charge in [-0.2, -0.15) is 11.8 Å². The molecule has 1 aromatic carbocycles. The summed E-state index contributed by atoms with van der Waals surface area (Å²) >= 11 is 1.73. The van der Waals surface area contributed by atoms with Gasteiger partial charge in [-0.05, 0) is 18.4 Å². The molecule has 4 nitrogen and oxygen atoms in total. The molecular formula is C13H17N3OS. The normalized spacial score (nSPS) is 10.8. The Labute approximate surface area is 111 Å². The number of aromatic amines is 1. The Morgan fingerprint density at radius 3 is 2.94 bits per heavy atom. The number of hydrogen-bond acceptors (Lipinski definition) is 3. The van der Waals surface area contributed by atoms with Gasteiger partial charge in [-0.25, -0.2) is 0 Å². The minimum absolute atomic E-state index is 0.000324. The van der Waals surface area contributed by atoms with Crippen LogP contribution in [0.25, 0.3) is 10.9 Å². The summed E-state index contributed by atoms with van der Waals surface area (Å²) in [5, 5.41) is 0.969. The number of rotatable bonds is 4. The second-order valence-corrected chi connectivity index (χ2v) is 5.20. The molecule has 1 heterocycles.